The third kappa shape index (κ3) is 4.71. The number of ether oxygens (including phenoxy) is 2. The van der Waals surface area contributed by atoms with E-state index in [0.29, 0.717) is 24.2 Å². The molecule has 180 valence electrons. The smallest absolute Gasteiger partial charge is 0.338 e. The first-order valence-corrected chi connectivity index (χ1v) is 12.6. The van der Waals surface area contributed by atoms with Crippen LogP contribution in [-0.2, 0) is 14.8 Å². The van der Waals surface area contributed by atoms with Crippen LogP contribution in [0.4, 0.5) is 0 Å². The summed E-state index contributed by atoms with van der Waals surface area (Å²) in [7, 11) is -2.48. The Morgan fingerprint density at radius 2 is 1.74 bits per heavy atom. The van der Waals surface area contributed by atoms with E-state index >= 15 is 0 Å². The molecule has 0 bridgehead atoms. The van der Waals surface area contributed by atoms with Gasteiger partial charge in [-0.1, -0.05) is 31.0 Å². The van der Waals surface area contributed by atoms with Gasteiger partial charge in [-0.15, -0.1) is 0 Å². The molecular weight excluding hydrogens is 458 g/mol. The van der Waals surface area contributed by atoms with Crippen LogP contribution >= 0.6 is 0 Å². The molecule has 0 saturated carbocycles. The number of nitrogens with zero attached hydrogens (tertiary/aromatic N) is 1. The Hall–Kier alpha value is -3.17. The second kappa shape index (κ2) is 9.99. The van der Waals surface area contributed by atoms with Crippen LogP contribution in [0.1, 0.15) is 52.2 Å². The molecule has 0 atom stereocenters. The maximum atomic E-state index is 13.3. The first kappa shape index (κ1) is 24.0. The zero-order valence-electron chi connectivity index (χ0n) is 19.2. The number of furan rings is 1. The Bertz CT molecular complexity index is 1320. The molecule has 0 amide bonds. The molecule has 0 radical (unpaired) electrons. The van der Waals surface area contributed by atoms with Crippen molar-refractivity contribution in [3.63, 3.8) is 0 Å². The number of benzene rings is 2. The normalized spacial score (nSPS) is 15.1. The zero-order chi connectivity index (χ0) is 24.3. The molecule has 0 unspecified atom stereocenters. The Labute approximate surface area is 198 Å². The minimum Gasteiger partial charge on any atom is -0.495 e. The van der Waals surface area contributed by atoms with E-state index in [2.05, 4.69) is 0 Å². The lowest BCUT2D eigenvalue weighted by Crippen LogP contribution is -2.32. The van der Waals surface area contributed by atoms with Crippen molar-refractivity contribution < 1.29 is 31.9 Å². The number of hydrogen-bond donors (Lipinski definition) is 0. The first-order valence-electron chi connectivity index (χ1n) is 11.2. The van der Waals surface area contributed by atoms with Gasteiger partial charge in [0.05, 0.1) is 12.7 Å². The van der Waals surface area contributed by atoms with E-state index < -0.39 is 28.4 Å². The van der Waals surface area contributed by atoms with E-state index in [4.69, 9.17) is 13.9 Å². The van der Waals surface area contributed by atoms with E-state index in [9.17, 15) is 18.0 Å². The molecule has 34 heavy (non-hydrogen) atoms. The van der Waals surface area contributed by atoms with Gasteiger partial charge in [0.2, 0.25) is 15.8 Å². The highest BCUT2D eigenvalue weighted by atomic mass is 32.2. The van der Waals surface area contributed by atoms with Gasteiger partial charge in [0, 0.05) is 24.0 Å². The minimum atomic E-state index is -3.86. The SMILES string of the molecule is COc1ccc(C(=O)OCC(=O)c2oc3ccccc3c2C)cc1S(=O)(=O)N1CCCCCC1. The fourth-order valence-corrected chi connectivity index (χ4v) is 5.85. The Kier molecular flexibility index (Phi) is 7.04. The summed E-state index contributed by atoms with van der Waals surface area (Å²) >= 11 is 0. The number of para-hydroxylation sites is 1. The van der Waals surface area contributed by atoms with Crippen molar-refractivity contribution in [3.8, 4) is 5.75 Å². The summed E-state index contributed by atoms with van der Waals surface area (Å²) in [6.07, 6.45) is 3.53. The molecule has 8 nitrogen and oxygen atoms in total. The van der Waals surface area contributed by atoms with Crippen LogP contribution in [0.2, 0.25) is 0 Å². The van der Waals surface area contributed by atoms with E-state index in [1.165, 1.54) is 29.6 Å². The number of hydrogen-bond acceptors (Lipinski definition) is 7. The zero-order valence-corrected chi connectivity index (χ0v) is 20.0. The summed E-state index contributed by atoms with van der Waals surface area (Å²) < 4.78 is 44.1. The number of Topliss-reactive ketones (excluding diaryl/α,β-unsaturated/α-hetero) is 1. The first-order chi connectivity index (χ1) is 16.3. The highest BCUT2D eigenvalue weighted by molar-refractivity contribution is 7.89. The molecule has 1 aliphatic heterocycles. The highest BCUT2D eigenvalue weighted by Gasteiger charge is 2.29. The number of rotatable bonds is 7. The Morgan fingerprint density at radius 3 is 2.41 bits per heavy atom. The van der Waals surface area contributed by atoms with Crippen LogP contribution in [0, 0.1) is 6.92 Å². The third-order valence-electron chi connectivity index (χ3n) is 6.01. The van der Waals surface area contributed by atoms with Gasteiger partial charge in [0.25, 0.3) is 0 Å². The van der Waals surface area contributed by atoms with Gasteiger partial charge in [-0.05, 0) is 44.0 Å². The summed E-state index contributed by atoms with van der Waals surface area (Å²) in [5.41, 5.74) is 1.27. The molecule has 1 saturated heterocycles. The summed E-state index contributed by atoms with van der Waals surface area (Å²) in [5, 5.41) is 0.815. The average molecular weight is 486 g/mol. The van der Waals surface area contributed by atoms with Crippen molar-refractivity contribution in [1.82, 2.24) is 4.31 Å². The van der Waals surface area contributed by atoms with Gasteiger partial charge in [0.1, 0.15) is 16.2 Å². The molecular formula is C25H27NO7S. The maximum absolute atomic E-state index is 13.3. The lowest BCUT2D eigenvalue weighted by atomic mass is 10.1. The number of methoxy groups -OCH3 is 1. The number of carbonyl (C=O) groups excluding carboxylic acids is 2. The monoisotopic (exact) mass is 485 g/mol. The minimum absolute atomic E-state index is 0.0170. The van der Waals surface area contributed by atoms with E-state index in [-0.39, 0.29) is 22.0 Å². The molecule has 9 heteroatoms. The van der Waals surface area contributed by atoms with Gasteiger partial charge in [0.15, 0.2) is 12.4 Å². The predicted molar refractivity (Wildman–Crippen MR) is 126 cm³/mol. The van der Waals surface area contributed by atoms with Gasteiger partial charge >= 0.3 is 5.97 Å². The number of ketones is 1. The standard InChI is InChI=1S/C25H27NO7S/c1-17-19-9-5-6-10-21(19)33-24(17)20(27)16-32-25(28)18-11-12-22(31-2)23(15-18)34(29,30)26-13-7-3-4-8-14-26/h5-6,9-12,15H,3-4,7-8,13-14,16H2,1-2H3. The molecule has 2 aromatic carbocycles. The molecule has 0 spiro atoms. The number of aryl methyl sites for hydroxylation is 1. The van der Waals surface area contributed by atoms with Crippen molar-refractivity contribution in [2.45, 2.75) is 37.5 Å². The topological polar surface area (TPSA) is 103 Å². The van der Waals surface area contributed by atoms with Gasteiger partial charge in [-0.25, -0.2) is 13.2 Å². The number of esters is 1. The fraction of sp³-hybridized carbons (Fsp3) is 0.360. The van der Waals surface area contributed by atoms with Crippen LogP contribution in [0.25, 0.3) is 11.0 Å². The van der Waals surface area contributed by atoms with Crippen LogP contribution < -0.4 is 4.74 Å². The highest BCUT2D eigenvalue weighted by Crippen LogP contribution is 2.30. The van der Waals surface area contributed by atoms with Crippen LogP contribution in [0.5, 0.6) is 5.75 Å². The quantitative estimate of drug-likeness (QED) is 0.362. The number of carbonyl (C=O) groups is 2. The third-order valence-corrected chi connectivity index (χ3v) is 7.93. The van der Waals surface area contributed by atoms with Crippen molar-refractivity contribution in [2.75, 3.05) is 26.8 Å². The molecule has 0 N–H and O–H groups in total. The van der Waals surface area contributed by atoms with Gasteiger partial charge < -0.3 is 13.9 Å². The Morgan fingerprint density at radius 1 is 1.03 bits per heavy atom. The second-order valence-corrected chi connectivity index (χ2v) is 10.1. The molecule has 3 aromatic rings. The largest absolute Gasteiger partial charge is 0.495 e. The molecule has 0 aliphatic carbocycles. The van der Waals surface area contributed by atoms with E-state index in [1.807, 2.05) is 12.1 Å². The van der Waals surface area contributed by atoms with E-state index in [0.717, 1.165) is 31.1 Å². The van der Waals surface area contributed by atoms with Crippen LogP contribution in [0.3, 0.4) is 0 Å². The summed E-state index contributed by atoms with van der Waals surface area (Å²) in [4.78, 5) is 25.2. The van der Waals surface area contributed by atoms with Crippen LogP contribution in [0.15, 0.2) is 51.8 Å². The Balaban J connectivity index is 1.53. The predicted octanol–water partition coefficient (Wildman–Crippen LogP) is 4.35. The number of sulfonamides is 1. The molecule has 2 heterocycles. The summed E-state index contributed by atoms with van der Waals surface area (Å²) in [5.74, 6) is -1.01. The molecule has 1 aliphatic rings. The molecule has 4 rings (SSSR count). The summed E-state index contributed by atoms with van der Waals surface area (Å²) in [6, 6.07) is 11.3. The molecule has 1 aromatic heterocycles. The average Bonchev–Trinajstić information content (AvgIpc) is 3.01. The molecule has 1 fully saturated rings. The van der Waals surface area contributed by atoms with Crippen molar-refractivity contribution >= 4 is 32.7 Å². The van der Waals surface area contributed by atoms with E-state index in [1.54, 1.807) is 19.1 Å². The fourth-order valence-electron chi connectivity index (χ4n) is 4.15. The van der Waals surface area contributed by atoms with Crippen molar-refractivity contribution in [1.29, 1.82) is 0 Å². The van der Waals surface area contributed by atoms with Gasteiger partial charge in [-0.3, -0.25) is 4.79 Å². The van der Waals surface area contributed by atoms with Crippen LogP contribution in [-0.4, -0.2) is 51.3 Å². The lowest BCUT2D eigenvalue weighted by Gasteiger charge is -2.21. The van der Waals surface area contributed by atoms with Gasteiger partial charge in [-0.2, -0.15) is 4.31 Å². The second-order valence-electron chi connectivity index (χ2n) is 8.24. The maximum Gasteiger partial charge on any atom is 0.338 e. The van der Waals surface area contributed by atoms with Crippen molar-refractivity contribution in [3.05, 3.63) is 59.4 Å². The number of fused-ring (bicyclic) bond motifs is 1. The summed E-state index contributed by atoms with van der Waals surface area (Å²) in [6.45, 7) is 2.08. The lowest BCUT2D eigenvalue weighted by molar-refractivity contribution is 0.0467. The van der Waals surface area contributed by atoms with Crippen molar-refractivity contribution in [2.24, 2.45) is 0 Å².